The largest absolute Gasteiger partial charge is 0.462 e. The minimum atomic E-state index is -4.06. The third kappa shape index (κ3) is 3.56. The molecule has 1 aliphatic rings. The first kappa shape index (κ1) is 13.1. The van der Waals surface area contributed by atoms with Gasteiger partial charge in [-0.2, -0.15) is 8.78 Å². The van der Waals surface area contributed by atoms with E-state index in [0.717, 1.165) is 0 Å². The molecule has 1 N–H and O–H groups in total. The van der Waals surface area contributed by atoms with Crippen LogP contribution in [0.1, 0.15) is 6.42 Å². The third-order valence-corrected chi connectivity index (χ3v) is 2.01. The van der Waals surface area contributed by atoms with Gasteiger partial charge in [-0.1, -0.05) is 5.04 Å². The molecule has 0 aromatic heterocycles. The number of carbonyl (C=O) groups excluding carboxylic acids is 2. The fraction of sp³-hybridized carbons (Fsp3) is 0.667. The highest BCUT2D eigenvalue weighted by atomic mass is 32.2. The lowest BCUT2D eigenvalue weighted by Crippen LogP contribution is -2.31. The van der Waals surface area contributed by atoms with Crippen molar-refractivity contribution in [2.45, 2.75) is 17.8 Å². The Kier molecular flexibility index (Phi) is 4.41. The zero-order valence-electron chi connectivity index (χ0n) is 7.55. The Bertz CT molecular complexity index is 284. The first-order valence-corrected chi connectivity index (χ1v) is 4.60. The molecule has 0 bridgehead atoms. The number of ether oxygens (including phenoxy) is 2. The quantitative estimate of drug-likeness (QED) is 0.331. The van der Waals surface area contributed by atoms with E-state index in [1.54, 1.807) is 0 Å². The second kappa shape index (κ2) is 5.39. The van der Waals surface area contributed by atoms with Gasteiger partial charge in [0, 0.05) is 0 Å². The topological polar surface area (TPSA) is 91.3 Å². The van der Waals surface area contributed by atoms with Gasteiger partial charge in [0.1, 0.15) is 24.8 Å². The van der Waals surface area contributed by atoms with Gasteiger partial charge in [-0.15, -0.1) is 4.33 Å². The van der Waals surface area contributed by atoms with Crippen LogP contribution in [-0.2, 0) is 28.4 Å². The highest BCUT2D eigenvalue weighted by Gasteiger charge is 2.46. The predicted molar refractivity (Wildman–Crippen MR) is 42.8 cm³/mol. The molecule has 1 saturated heterocycles. The molecule has 1 atom stereocenters. The second-order valence-electron chi connectivity index (χ2n) is 2.66. The summed E-state index contributed by atoms with van der Waals surface area (Å²) in [5.41, 5.74) is 0. The van der Waals surface area contributed by atoms with Crippen molar-refractivity contribution in [2.75, 3.05) is 6.61 Å². The number of carbonyl (C=O) groups is 2. The van der Waals surface area contributed by atoms with E-state index in [1.807, 2.05) is 0 Å². The number of hydrogen-bond acceptors (Lipinski definition) is 8. The number of rotatable bonds is 5. The molecule has 0 radical (unpaired) electrons. The maximum Gasteiger partial charge on any atom is 0.415 e. The minimum Gasteiger partial charge on any atom is -0.462 e. The van der Waals surface area contributed by atoms with Gasteiger partial charge in [0.2, 0.25) is 0 Å². The van der Waals surface area contributed by atoms with Crippen molar-refractivity contribution in [3.05, 3.63) is 0 Å². The molecule has 1 unspecified atom stereocenters. The van der Waals surface area contributed by atoms with Crippen molar-refractivity contribution < 1.29 is 42.5 Å². The summed E-state index contributed by atoms with van der Waals surface area (Å²) in [6.07, 6.45) is -1.31. The Labute approximate surface area is 91.7 Å². The summed E-state index contributed by atoms with van der Waals surface area (Å²) in [4.78, 5) is 21.4. The van der Waals surface area contributed by atoms with Gasteiger partial charge in [0.15, 0.2) is 0 Å². The van der Waals surface area contributed by atoms with Crippen LogP contribution in [0.25, 0.3) is 0 Å². The number of alkyl halides is 2. The summed E-state index contributed by atoms with van der Waals surface area (Å²) >= 11 is -0.735. The maximum absolute atomic E-state index is 12.8. The van der Waals surface area contributed by atoms with E-state index in [0.29, 0.717) is 0 Å². The van der Waals surface area contributed by atoms with E-state index < -0.39 is 35.3 Å². The van der Waals surface area contributed by atoms with Crippen LogP contribution in [0.2, 0.25) is 0 Å². The van der Waals surface area contributed by atoms with E-state index in [-0.39, 0.29) is 13.0 Å². The van der Waals surface area contributed by atoms with Crippen LogP contribution in [0.4, 0.5) is 8.78 Å². The van der Waals surface area contributed by atoms with Gasteiger partial charge in [0.25, 0.3) is 0 Å². The number of halogens is 2. The molecule has 0 amide bonds. The molecule has 0 aromatic rings. The molecule has 0 spiro atoms. The molecular formula is C6H6F2O7S. The Hall–Kier alpha value is -0.970. The number of esters is 2. The molecule has 16 heavy (non-hydrogen) atoms. The fourth-order valence-corrected chi connectivity index (χ4v) is 1.11. The van der Waals surface area contributed by atoms with Crippen molar-refractivity contribution in [3.63, 3.8) is 0 Å². The molecule has 1 rings (SSSR count). The van der Waals surface area contributed by atoms with Crippen LogP contribution >= 0.6 is 12.0 Å². The highest BCUT2D eigenvalue weighted by molar-refractivity contribution is 7.96. The molecule has 10 heteroatoms. The summed E-state index contributed by atoms with van der Waals surface area (Å²) in [6, 6.07) is 0. The van der Waals surface area contributed by atoms with Crippen LogP contribution in [-0.4, -0.2) is 35.2 Å². The van der Waals surface area contributed by atoms with E-state index in [1.165, 1.54) is 0 Å². The van der Waals surface area contributed by atoms with Crippen molar-refractivity contribution >= 4 is 24.0 Å². The molecule has 1 aliphatic heterocycles. The zero-order valence-corrected chi connectivity index (χ0v) is 8.37. The van der Waals surface area contributed by atoms with Crippen LogP contribution in [0, 0.1) is 0 Å². The number of cyclic esters (lactones) is 1. The highest BCUT2D eigenvalue weighted by Crippen LogP contribution is 2.32. The van der Waals surface area contributed by atoms with Crippen molar-refractivity contribution in [1.29, 1.82) is 0 Å². The molecule has 7 nitrogen and oxygen atoms in total. The first-order chi connectivity index (χ1) is 7.45. The smallest absolute Gasteiger partial charge is 0.415 e. The van der Waals surface area contributed by atoms with Gasteiger partial charge >= 0.3 is 17.2 Å². The lowest BCUT2D eigenvalue weighted by Gasteiger charge is -2.14. The Balaban J connectivity index is 2.41. The van der Waals surface area contributed by atoms with Crippen LogP contribution in [0.15, 0.2) is 0 Å². The molecule has 0 aliphatic carbocycles. The molecule has 0 aromatic carbocycles. The third-order valence-electron chi connectivity index (χ3n) is 1.51. The molecule has 92 valence electrons. The fourth-order valence-electron chi connectivity index (χ4n) is 0.877. The lowest BCUT2D eigenvalue weighted by molar-refractivity contribution is -0.433. The number of hydrogen-bond donors (Lipinski definition) is 1. The first-order valence-electron chi connectivity index (χ1n) is 3.86. The van der Waals surface area contributed by atoms with Crippen LogP contribution in [0.5, 0.6) is 0 Å². The van der Waals surface area contributed by atoms with Crippen LogP contribution in [0.3, 0.4) is 0 Å². The van der Waals surface area contributed by atoms with Gasteiger partial charge < -0.3 is 9.47 Å². The van der Waals surface area contributed by atoms with E-state index in [2.05, 4.69) is 18.8 Å². The van der Waals surface area contributed by atoms with E-state index in [9.17, 15) is 18.4 Å². The summed E-state index contributed by atoms with van der Waals surface area (Å²) < 4.78 is 37.7. The molecule has 1 heterocycles. The monoisotopic (exact) mass is 260 g/mol. The second-order valence-corrected chi connectivity index (χ2v) is 3.47. The van der Waals surface area contributed by atoms with Crippen molar-refractivity contribution in [2.24, 2.45) is 0 Å². The molecule has 0 saturated carbocycles. The Morgan fingerprint density at radius 1 is 1.62 bits per heavy atom. The maximum atomic E-state index is 12.8. The standard InChI is InChI=1S/C6H6F2O7S/c7-6(8,16-15-14-11)5(10)13-3-1-4(9)12-2-3/h3,11H,1-2H2. The average molecular weight is 260 g/mol. The minimum absolute atomic E-state index is 0.261. The van der Waals surface area contributed by atoms with Crippen molar-refractivity contribution in [3.8, 4) is 0 Å². The van der Waals surface area contributed by atoms with Crippen molar-refractivity contribution in [1.82, 2.24) is 0 Å². The van der Waals surface area contributed by atoms with E-state index >= 15 is 0 Å². The SMILES string of the molecule is O=C1CC(OC(=O)C(F)(F)SOOO)CO1. The normalized spacial score (nSPS) is 20.7. The van der Waals surface area contributed by atoms with Gasteiger partial charge in [-0.25, -0.2) is 10.1 Å². The van der Waals surface area contributed by atoms with Gasteiger partial charge in [-0.05, 0) is 0 Å². The Morgan fingerprint density at radius 2 is 2.31 bits per heavy atom. The lowest BCUT2D eigenvalue weighted by atomic mass is 10.3. The Morgan fingerprint density at radius 3 is 2.81 bits per heavy atom. The van der Waals surface area contributed by atoms with Gasteiger partial charge in [-0.3, -0.25) is 4.79 Å². The predicted octanol–water partition coefficient (Wildman–Crippen LogP) is 0.507. The van der Waals surface area contributed by atoms with E-state index in [4.69, 9.17) is 5.26 Å². The summed E-state index contributed by atoms with van der Waals surface area (Å²) in [5, 5.41) is 6.49. The summed E-state index contributed by atoms with van der Waals surface area (Å²) in [7, 11) is 0. The summed E-state index contributed by atoms with van der Waals surface area (Å²) in [6.45, 7) is -0.261. The molecular weight excluding hydrogens is 254 g/mol. The van der Waals surface area contributed by atoms with Crippen LogP contribution < -0.4 is 0 Å². The average Bonchev–Trinajstić information content (AvgIpc) is 2.61. The molecule has 1 fully saturated rings. The zero-order chi connectivity index (χ0) is 12.2. The van der Waals surface area contributed by atoms with Gasteiger partial charge in [0.05, 0.1) is 6.42 Å². The summed E-state index contributed by atoms with van der Waals surface area (Å²) in [5.74, 6) is -2.55.